The van der Waals surface area contributed by atoms with Gasteiger partial charge in [-0.2, -0.15) is 0 Å². The fourth-order valence-corrected chi connectivity index (χ4v) is 2.45. The average molecular weight is 302 g/mol. The molecule has 0 aliphatic rings. The molecule has 0 aliphatic carbocycles. The highest BCUT2D eigenvalue weighted by molar-refractivity contribution is 7.19. The first-order valence-electron chi connectivity index (χ1n) is 6.75. The molecule has 0 radical (unpaired) electrons. The molecule has 1 heterocycles. The number of benzene rings is 1. The summed E-state index contributed by atoms with van der Waals surface area (Å²) < 4.78 is 6.27. The van der Waals surface area contributed by atoms with Gasteiger partial charge in [0, 0.05) is 13.0 Å². The maximum absolute atomic E-state index is 11.4. The highest BCUT2D eigenvalue weighted by atomic mass is 32.1. The zero-order chi connectivity index (χ0) is 15.3. The minimum Gasteiger partial charge on any atom is -0.444 e. The number of fused-ring (bicyclic) bond motifs is 1. The predicted octanol–water partition coefficient (Wildman–Crippen LogP) is 3.56. The molecule has 0 spiro atoms. The lowest BCUT2D eigenvalue weighted by Gasteiger charge is -2.19. The third kappa shape index (κ3) is 5.09. The van der Waals surface area contributed by atoms with Gasteiger partial charge < -0.3 is 10.1 Å². The Hall–Kier alpha value is -2.06. The Morgan fingerprint density at radius 2 is 2.14 bits per heavy atom. The van der Waals surface area contributed by atoms with Crippen molar-refractivity contribution in [3.8, 4) is 11.8 Å². The molecule has 1 N–H and O–H groups in total. The lowest BCUT2D eigenvalue weighted by atomic mass is 10.2. The summed E-state index contributed by atoms with van der Waals surface area (Å²) in [6, 6.07) is 7.95. The number of alkyl carbamates (subject to hydrolysis) is 1. The summed E-state index contributed by atoms with van der Waals surface area (Å²) in [5.74, 6) is 6.03. The van der Waals surface area contributed by atoms with Gasteiger partial charge in [-0.3, -0.25) is 0 Å². The number of aromatic nitrogens is 1. The lowest BCUT2D eigenvalue weighted by Crippen LogP contribution is -2.32. The molecule has 2 rings (SSSR count). The average Bonchev–Trinajstić information content (AvgIpc) is 2.78. The van der Waals surface area contributed by atoms with Crippen LogP contribution in [0.15, 0.2) is 24.3 Å². The molecule has 0 atom stereocenters. The minimum absolute atomic E-state index is 0.413. The van der Waals surface area contributed by atoms with E-state index in [1.807, 2.05) is 45.0 Å². The van der Waals surface area contributed by atoms with Gasteiger partial charge in [0.15, 0.2) is 5.01 Å². The summed E-state index contributed by atoms with van der Waals surface area (Å²) in [6.07, 6.45) is 0.152. The van der Waals surface area contributed by atoms with E-state index in [1.165, 1.54) is 0 Å². The van der Waals surface area contributed by atoms with Crippen LogP contribution in [0, 0.1) is 11.8 Å². The number of rotatable bonds is 2. The van der Waals surface area contributed by atoms with E-state index >= 15 is 0 Å². The molecule has 0 saturated carbocycles. The van der Waals surface area contributed by atoms with Gasteiger partial charge in [0.2, 0.25) is 0 Å². The van der Waals surface area contributed by atoms with Crippen LogP contribution < -0.4 is 5.32 Å². The molecule has 1 aromatic heterocycles. The maximum atomic E-state index is 11.4. The van der Waals surface area contributed by atoms with Gasteiger partial charge >= 0.3 is 6.09 Å². The number of hydrogen-bond donors (Lipinski definition) is 1. The predicted molar refractivity (Wildman–Crippen MR) is 85.4 cm³/mol. The first-order chi connectivity index (χ1) is 9.94. The van der Waals surface area contributed by atoms with Gasteiger partial charge in [-0.25, -0.2) is 9.78 Å². The molecule has 0 fully saturated rings. The topological polar surface area (TPSA) is 51.2 Å². The van der Waals surface area contributed by atoms with E-state index in [1.54, 1.807) is 11.3 Å². The van der Waals surface area contributed by atoms with E-state index in [-0.39, 0.29) is 0 Å². The van der Waals surface area contributed by atoms with Crippen molar-refractivity contribution in [3.63, 3.8) is 0 Å². The number of ether oxygens (including phenoxy) is 1. The van der Waals surface area contributed by atoms with Crippen LogP contribution in [0.1, 0.15) is 32.2 Å². The molecule has 4 nitrogen and oxygen atoms in total. The lowest BCUT2D eigenvalue weighted by molar-refractivity contribution is 0.0529. The number of nitrogens with zero attached hydrogens (tertiary/aromatic N) is 1. The van der Waals surface area contributed by atoms with Crippen molar-refractivity contribution in [2.45, 2.75) is 32.8 Å². The van der Waals surface area contributed by atoms with Crippen LogP contribution in [0.5, 0.6) is 0 Å². The number of hydrogen-bond acceptors (Lipinski definition) is 4. The van der Waals surface area contributed by atoms with E-state index in [2.05, 4.69) is 22.1 Å². The van der Waals surface area contributed by atoms with Crippen molar-refractivity contribution in [1.29, 1.82) is 0 Å². The number of amides is 1. The zero-order valence-electron chi connectivity index (χ0n) is 12.4. The maximum Gasteiger partial charge on any atom is 0.407 e. The molecule has 5 heteroatoms. The van der Waals surface area contributed by atoms with Crippen molar-refractivity contribution < 1.29 is 9.53 Å². The SMILES string of the molecule is CC(C)(C)OC(=O)NCCC#Cc1nc2ccccc2s1. The first-order valence-corrected chi connectivity index (χ1v) is 7.57. The first kappa shape index (κ1) is 15.3. The summed E-state index contributed by atoms with van der Waals surface area (Å²) in [5.41, 5.74) is 0.496. The number of nitrogens with one attached hydrogen (secondary N) is 1. The molecule has 0 bridgehead atoms. The van der Waals surface area contributed by atoms with Crippen molar-refractivity contribution in [3.05, 3.63) is 29.3 Å². The standard InChI is InChI=1S/C16H18N2O2S/c1-16(2,3)20-15(19)17-11-7-6-10-14-18-12-8-4-5-9-13(12)21-14/h4-5,8-9H,7,11H2,1-3H3,(H,17,19). The Balaban J connectivity index is 1.80. The van der Waals surface area contributed by atoms with Crippen LogP contribution in [0.2, 0.25) is 0 Å². The quantitative estimate of drug-likeness (QED) is 0.681. The fraction of sp³-hybridized carbons (Fsp3) is 0.375. The Morgan fingerprint density at radius 1 is 1.38 bits per heavy atom. The van der Waals surface area contributed by atoms with Crippen LogP contribution in [0.3, 0.4) is 0 Å². The summed E-state index contributed by atoms with van der Waals surface area (Å²) >= 11 is 1.57. The molecular weight excluding hydrogens is 284 g/mol. The van der Waals surface area contributed by atoms with Crippen LogP contribution in [0.4, 0.5) is 4.79 Å². The van der Waals surface area contributed by atoms with Crippen molar-refractivity contribution in [1.82, 2.24) is 10.3 Å². The molecule has 0 aliphatic heterocycles. The summed E-state index contributed by atoms with van der Waals surface area (Å²) in [5, 5.41) is 3.47. The second kappa shape index (κ2) is 6.59. The van der Waals surface area contributed by atoms with Gasteiger partial charge in [-0.1, -0.05) is 18.1 Å². The third-order valence-electron chi connectivity index (χ3n) is 2.41. The number of carbonyl (C=O) groups excluding carboxylic acids is 1. The smallest absolute Gasteiger partial charge is 0.407 e. The van der Waals surface area contributed by atoms with Gasteiger partial charge in [-0.15, -0.1) is 11.3 Å². The zero-order valence-corrected chi connectivity index (χ0v) is 13.2. The Kier molecular flexibility index (Phi) is 4.81. The highest BCUT2D eigenvalue weighted by Crippen LogP contribution is 2.20. The van der Waals surface area contributed by atoms with Gasteiger partial charge in [0.05, 0.1) is 10.2 Å². The van der Waals surface area contributed by atoms with E-state index < -0.39 is 11.7 Å². The summed E-state index contributed by atoms with van der Waals surface area (Å²) in [7, 11) is 0. The molecule has 110 valence electrons. The largest absolute Gasteiger partial charge is 0.444 e. The second-order valence-electron chi connectivity index (χ2n) is 5.47. The van der Waals surface area contributed by atoms with E-state index in [9.17, 15) is 4.79 Å². The monoisotopic (exact) mass is 302 g/mol. The molecule has 21 heavy (non-hydrogen) atoms. The fourth-order valence-electron chi connectivity index (χ4n) is 1.61. The number of carbonyl (C=O) groups is 1. The van der Waals surface area contributed by atoms with Crippen molar-refractivity contribution in [2.24, 2.45) is 0 Å². The highest BCUT2D eigenvalue weighted by Gasteiger charge is 2.15. The van der Waals surface area contributed by atoms with Crippen molar-refractivity contribution in [2.75, 3.05) is 6.54 Å². The Labute approximate surface area is 128 Å². The molecule has 0 saturated heterocycles. The van der Waals surface area contributed by atoms with Gasteiger partial charge in [-0.05, 0) is 38.8 Å². The molecule has 1 amide bonds. The van der Waals surface area contributed by atoms with Crippen molar-refractivity contribution >= 4 is 27.6 Å². The second-order valence-corrected chi connectivity index (χ2v) is 6.50. The van der Waals surface area contributed by atoms with Crippen LogP contribution >= 0.6 is 11.3 Å². The Bertz CT molecular complexity index is 656. The number of thiazole rings is 1. The van der Waals surface area contributed by atoms with E-state index in [4.69, 9.17) is 4.74 Å². The van der Waals surface area contributed by atoms with E-state index in [0.717, 1.165) is 15.2 Å². The molecule has 1 aromatic carbocycles. The minimum atomic E-state index is -0.475. The summed E-state index contributed by atoms with van der Waals surface area (Å²) in [6.45, 7) is 5.96. The van der Waals surface area contributed by atoms with Crippen LogP contribution in [-0.2, 0) is 4.74 Å². The van der Waals surface area contributed by atoms with Crippen LogP contribution in [-0.4, -0.2) is 23.2 Å². The normalized spacial score (nSPS) is 10.8. The number of para-hydroxylation sites is 1. The molecule has 2 aromatic rings. The van der Waals surface area contributed by atoms with Gasteiger partial charge in [0.25, 0.3) is 0 Å². The molecular formula is C16H18N2O2S. The summed E-state index contributed by atoms with van der Waals surface area (Å²) in [4.78, 5) is 15.8. The van der Waals surface area contributed by atoms with E-state index in [0.29, 0.717) is 13.0 Å². The van der Waals surface area contributed by atoms with Gasteiger partial charge in [0.1, 0.15) is 5.60 Å². The Morgan fingerprint density at radius 3 is 2.86 bits per heavy atom. The molecule has 0 unspecified atom stereocenters. The van der Waals surface area contributed by atoms with Crippen LogP contribution in [0.25, 0.3) is 10.2 Å². The third-order valence-corrected chi connectivity index (χ3v) is 3.36.